The van der Waals surface area contributed by atoms with Crippen LogP contribution in [0.15, 0.2) is 24.4 Å². The number of aliphatic carboxylic acids is 1. The summed E-state index contributed by atoms with van der Waals surface area (Å²) in [5.74, 6) is -0.848. The van der Waals surface area contributed by atoms with Gasteiger partial charge < -0.3 is 9.67 Å². The van der Waals surface area contributed by atoms with Crippen LogP contribution >= 0.6 is 0 Å². The molecule has 0 atom stereocenters. The van der Waals surface area contributed by atoms with Crippen LogP contribution in [-0.2, 0) is 16.6 Å². The Hall–Kier alpha value is -2.10. The monoisotopic (exact) mass is 275 g/mol. The first-order valence-corrected chi connectivity index (χ1v) is 6.81. The number of aryl methyl sites for hydroxylation is 1. The number of allylic oxidation sites excluding steroid dienone is 1. The summed E-state index contributed by atoms with van der Waals surface area (Å²) in [6.07, 6.45) is 11.6. The normalized spacial score (nSPS) is 11.5. The highest BCUT2D eigenvalue weighted by Crippen LogP contribution is 2.11. The predicted octanol–water partition coefficient (Wildman–Crippen LogP) is 3.29. The average molecular weight is 275 g/mol. The van der Waals surface area contributed by atoms with E-state index < -0.39 is 5.97 Å². The third kappa shape index (κ3) is 5.69. The summed E-state index contributed by atoms with van der Waals surface area (Å²) >= 11 is 0. The number of rotatable bonds is 8. The number of ketones is 1. The lowest BCUT2D eigenvalue weighted by molar-refractivity contribution is -0.131. The smallest absolute Gasteiger partial charge is 0.328 e. The van der Waals surface area contributed by atoms with Gasteiger partial charge in [-0.15, -0.1) is 0 Å². The third-order valence-electron chi connectivity index (χ3n) is 2.95. The number of aromatic nitrogens is 1. The van der Waals surface area contributed by atoms with E-state index in [1.165, 1.54) is 6.08 Å². The Bertz CT molecular complexity index is 524. The third-order valence-corrected chi connectivity index (χ3v) is 2.95. The highest BCUT2D eigenvalue weighted by Gasteiger charge is 2.00. The SMILES string of the molecule is CCCCCC(=O)/C=C/c1cc(/C=C/C(=O)O)n(C)c1. The summed E-state index contributed by atoms with van der Waals surface area (Å²) in [6, 6.07) is 1.84. The van der Waals surface area contributed by atoms with E-state index in [0.29, 0.717) is 6.42 Å². The highest BCUT2D eigenvalue weighted by atomic mass is 16.4. The molecule has 0 aliphatic heterocycles. The van der Waals surface area contributed by atoms with E-state index in [4.69, 9.17) is 5.11 Å². The van der Waals surface area contributed by atoms with Gasteiger partial charge in [-0.1, -0.05) is 19.8 Å². The van der Waals surface area contributed by atoms with Crippen molar-refractivity contribution < 1.29 is 14.7 Å². The zero-order chi connectivity index (χ0) is 15.0. The van der Waals surface area contributed by atoms with Crippen LogP contribution in [0.1, 0.15) is 43.9 Å². The number of carbonyl (C=O) groups excluding carboxylic acids is 1. The second kappa shape index (κ2) is 8.15. The van der Waals surface area contributed by atoms with E-state index >= 15 is 0 Å². The van der Waals surface area contributed by atoms with E-state index in [1.807, 2.05) is 23.9 Å². The van der Waals surface area contributed by atoms with Crippen LogP contribution in [0.2, 0.25) is 0 Å². The number of hydrogen-bond acceptors (Lipinski definition) is 2. The number of carbonyl (C=O) groups is 2. The van der Waals surface area contributed by atoms with Crippen molar-refractivity contribution in [2.75, 3.05) is 0 Å². The van der Waals surface area contributed by atoms with Gasteiger partial charge in [0.1, 0.15) is 0 Å². The van der Waals surface area contributed by atoms with Crippen molar-refractivity contribution in [1.82, 2.24) is 4.57 Å². The largest absolute Gasteiger partial charge is 0.478 e. The number of carboxylic acids is 1. The number of unbranched alkanes of at least 4 members (excludes halogenated alkanes) is 2. The first-order valence-electron chi connectivity index (χ1n) is 6.81. The van der Waals surface area contributed by atoms with Crippen LogP contribution in [-0.4, -0.2) is 21.4 Å². The summed E-state index contributed by atoms with van der Waals surface area (Å²) in [6.45, 7) is 2.11. The van der Waals surface area contributed by atoms with Crippen LogP contribution in [0.3, 0.4) is 0 Å². The van der Waals surface area contributed by atoms with Crippen LogP contribution in [0, 0.1) is 0 Å². The average Bonchev–Trinajstić information content (AvgIpc) is 2.75. The van der Waals surface area contributed by atoms with Crippen molar-refractivity contribution in [2.45, 2.75) is 32.6 Å². The molecule has 1 aromatic rings. The fourth-order valence-corrected chi connectivity index (χ4v) is 1.84. The lowest BCUT2D eigenvalue weighted by Crippen LogP contribution is -1.91. The molecular formula is C16H21NO3. The molecule has 0 radical (unpaired) electrons. The maximum atomic E-state index is 11.6. The van der Waals surface area contributed by atoms with Crippen LogP contribution in [0.4, 0.5) is 0 Å². The maximum Gasteiger partial charge on any atom is 0.328 e. The Balaban J connectivity index is 2.62. The molecule has 20 heavy (non-hydrogen) atoms. The van der Waals surface area contributed by atoms with E-state index in [-0.39, 0.29) is 5.78 Å². The second-order valence-corrected chi connectivity index (χ2v) is 4.74. The van der Waals surface area contributed by atoms with Gasteiger partial charge in [-0.3, -0.25) is 4.79 Å². The molecule has 0 spiro atoms. The highest BCUT2D eigenvalue weighted by molar-refractivity contribution is 5.93. The van der Waals surface area contributed by atoms with E-state index in [0.717, 1.165) is 36.6 Å². The first kappa shape index (κ1) is 16.0. The molecule has 1 N–H and O–H groups in total. The predicted molar refractivity (Wildman–Crippen MR) is 80.3 cm³/mol. The minimum Gasteiger partial charge on any atom is -0.478 e. The van der Waals surface area contributed by atoms with Gasteiger partial charge in [0.2, 0.25) is 0 Å². The molecule has 0 aliphatic rings. The zero-order valence-electron chi connectivity index (χ0n) is 12.0. The molecule has 0 fully saturated rings. The van der Waals surface area contributed by atoms with Crippen LogP contribution < -0.4 is 0 Å². The van der Waals surface area contributed by atoms with Gasteiger partial charge in [-0.05, 0) is 36.3 Å². The molecule has 0 saturated heterocycles. The topological polar surface area (TPSA) is 59.3 Å². The summed E-state index contributed by atoms with van der Waals surface area (Å²) in [5.41, 5.74) is 1.67. The molecule has 0 aromatic carbocycles. The van der Waals surface area contributed by atoms with Crippen molar-refractivity contribution >= 4 is 23.9 Å². The van der Waals surface area contributed by atoms with Crippen molar-refractivity contribution in [2.24, 2.45) is 7.05 Å². The minimum absolute atomic E-state index is 0.130. The Morgan fingerprint density at radius 2 is 2.00 bits per heavy atom. The molecule has 1 heterocycles. The van der Waals surface area contributed by atoms with Gasteiger partial charge in [-0.2, -0.15) is 0 Å². The molecule has 1 aromatic heterocycles. The molecule has 4 heteroatoms. The Kier molecular flexibility index (Phi) is 6.50. The summed E-state index contributed by atoms with van der Waals surface area (Å²) in [7, 11) is 1.84. The minimum atomic E-state index is -0.977. The van der Waals surface area contributed by atoms with Crippen molar-refractivity contribution in [3.05, 3.63) is 35.7 Å². The molecule has 1 rings (SSSR count). The standard InChI is InChI=1S/C16H21NO3/c1-3-4-5-6-15(18)9-7-13-11-14(17(2)12-13)8-10-16(19)20/h7-12H,3-6H2,1-2H3,(H,19,20)/b9-7+,10-8+. The molecule has 0 unspecified atom stereocenters. The van der Waals surface area contributed by atoms with Gasteiger partial charge in [0.05, 0.1) is 0 Å². The van der Waals surface area contributed by atoms with Gasteiger partial charge in [-0.25, -0.2) is 4.79 Å². The lowest BCUT2D eigenvalue weighted by Gasteiger charge is -1.93. The van der Waals surface area contributed by atoms with Crippen LogP contribution in [0.25, 0.3) is 12.2 Å². The zero-order valence-corrected chi connectivity index (χ0v) is 12.0. The van der Waals surface area contributed by atoms with E-state index in [2.05, 4.69) is 6.92 Å². The van der Waals surface area contributed by atoms with Crippen molar-refractivity contribution in [3.8, 4) is 0 Å². The molecule has 0 amide bonds. The van der Waals surface area contributed by atoms with Crippen LogP contribution in [0.5, 0.6) is 0 Å². The summed E-state index contributed by atoms with van der Waals surface area (Å²) in [5, 5.41) is 8.60. The summed E-state index contributed by atoms with van der Waals surface area (Å²) < 4.78 is 1.82. The van der Waals surface area contributed by atoms with Crippen molar-refractivity contribution in [3.63, 3.8) is 0 Å². The lowest BCUT2D eigenvalue weighted by atomic mass is 10.1. The molecular weight excluding hydrogens is 254 g/mol. The van der Waals surface area contributed by atoms with Gasteiger partial charge in [0.25, 0.3) is 0 Å². The quantitative estimate of drug-likeness (QED) is 0.585. The molecule has 4 nitrogen and oxygen atoms in total. The maximum absolute atomic E-state index is 11.6. The first-order chi connectivity index (χ1) is 9.52. The Morgan fingerprint density at radius 1 is 1.25 bits per heavy atom. The van der Waals surface area contributed by atoms with Crippen molar-refractivity contribution in [1.29, 1.82) is 0 Å². The second-order valence-electron chi connectivity index (χ2n) is 4.74. The number of hydrogen-bond donors (Lipinski definition) is 1. The van der Waals surface area contributed by atoms with Gasteiger partial charge >= 0.3 is 5.97 Å². The summed E-state index contributed by atoms with van der Waals surface area (Å²) in [4.78, 5) is 22.1. The van der Waals surface area contributed by atoms with E-state index in [1.54, 1.807) is 12.2 Å². The Labute approximate surface area is 119 Å². The van der Waals surface area contributed by atoms with Gasteiger partial charge in [0.15, 0.2) is 5.78 Å². The van der Waals surface area contributed by atoms with E-state index in [9.17, 15) is 9.59 Å². The fraction of sp³-hybridized carbons (Fsp3) is 0.375. The number of nitrogens with zero attached hydrogens (tertiary/aromatic N) is 1. The molecule has 0 saturated carbocycles. The molecule has 0 bridgehead atoms. The fourth-order valence-electron chi connectivity index (χ4n) is 1.84. The molecule has 0 aliphatic carbocycles. The van der Waals surface area contributed by atoms with Gasteiger partial charge in [0, 0.05) is 31.4 Å². The number of carboxylic acid groups (broad SMARTS) is 1. The Morgan fingerprint density at radius 3 is 2.65 bits per heavy atom. The molecule has 108 valence electrons.